The molecule has 1 aliphatic rings. The lowest BCUT2D eigenvalue weighted by atomic mass is 10.1. The molecule has 0 saturated carbocycles. The van der Waals surface area contributed by atoms with Crippen LogP contribution in [-0.2, 0) is 17.8 Å². The number of nitrogens with zero attached hydrogens (tertiary/aromatic N) is 4. The predicted octanol–water partition coefficient (Wildman–Crippen LogP) is 2.76. The summed E-state index contributed by atoms with van der Waals surface area (Å²) in [6.45, 7) is 5.08. The van der Waals surface area contributed by atoms with Crippen molar-refractivity contribution in [3.63, 3.8) is 0 Å². The molecule has 1 aliphatic heterocycles. The molecule has 0 bridgehead atoms. The molecule has 0 N–H and O–H groups in total. The Balaban J connectivity index is 1.48. The molecular formula is C18H20N4O2. The molecule has 0 radical (unpaired) electrons. The average molecular weight is 324 g/mol. The molecule has 0 unspecified atom stereocenters. The first-order valence-electron chi connectivity index (χ1n) is 8.12. The van der Waals surface area contributed by atoms with Crippen LogP contribution < -0.4 is 0 Å². The highest BCUT2D eigenvalue weighted by Gasteiger charge is 2.30. The zero-order chi connectivity index (χ0) is 16.4. The molecule has 1 saturated heterocycles. The van der Waals surface area contributed by atoms with Crippen LogP contribution >= 0.6 is 0 Å². The van der Waals surface area contributed by atoms with Gasteiger partial charge in [-0.1, -0.05) is 29.5 Å². The van der Waals surface area contributed by atoms with E-state index < -0.39 is 0 Å². The third-order valence-corrected chi connectivity index (χ3v) is 4.33. The Labute approximate surface area is 140 Å². The average Bonchev–Trinajstić information content (AvgIpc) is 3.32. The fourth-order valence-electron chi connectivity index (χ4n) is 3.01. The van der Waals surface area contributed by atoms with Crippen LogP contribution in [0.2, 0.25) is 0 Å². The van der Waals surface area contributed by atoms with Crippen LogP contribution in [0.1, 0.15) is 28.8 Å². The molecule has 1 aromatic carbocycles. The van der Waals surface area contributed by atoms with Gasteiger partial charge in [-0.05, 0) is 30.2 Å². The lowest BCUT2D eigenvalue weighted by Gasteiger charge is -2.19. The first-order valence-corrected chi connectivity index (χ1v) is 8.12. The third kappa shape index (κ3) is 3.11. The van der Waals surface area contributed by atoms with E-state index in [1.165, 1.54) is 11.1 Å². The molecule has 0 spiro atoms. The van der Waals surface area contributed by atoms with E-state index in [1.807, 2.05) is 35.1 Å². The number of rotatable bonds is 5. The van der Waals surface area contributed by atoms with E-state index in [1.54, 1.807) is 6.26 Å². The monoisotopic (exact) mass is 324 g/mol. The van der Waals surface area contributed by atoms with Gasteiger partial charge in [0, 0.05) is 6.54 Å². The number of aryl methyl sites for hydroxylation is 1. The molecule has 0 aliphatic carbocycles. The van der Waals surface area contributed by atoms with Crippen molar-refractivity contribution in [2.75, 3.05) is 13.2 Å². The summed E-state index contributed by atoms with van der Waals surface area (Å²) in [5.74, 6) is 0.929. The molecule has 1 atom stereocenters. The van der Waals surface area contributed by atoms with Gasteiger partial charge in [-0.15, -0.1) is 5.10 Å². The first kappa shape index (κ1) is 15.1. The Morgan fingerprint density at radius 2 is 2.08 bits per heavy atom. The standard InChI is InChI=1S/C18H20N4O2/c1-14-5-2-3-6-15(14)11-22-13-17(19-20-22)18-21(8-10-24-18)12-16-7-4-9-23-16/h2-7,9,13,18H,8,10-12H2,1H3/t18-/m0/s1. The summed E-state index contributed by atoms with van der Waals surface area (Å²) in [5, 5.41) is 8.58. The molecule has 6 heteroatoms. The summed E-state index contributed by atoms with van der Waals surface area (Å²) in [6, 6.07) is 12.2. The highest BCUT2D eigenvalue weighted by atomic mass is 16.5. The first-order chi connectivity index (χ1) is 11.8. The molecule has 6 nitrogen and oxygen atoms in total. The van der Waals surface area contributed by atoms with Crippen molar-refractivity contribution in [2.45, 2.75) is 26.2 Å². The minimum atomic E-state index is -0.166. The van der Waals surface area contributed by atoms with Crippen molar-refractivity contribution in [1.29, 1.82) is 0 Å². The SMILES string of the molecule is Cc1ccccc1Cn1cc([C@@H]2OCCN2Cc2ccco2)nn1. The molecule has 1 fully saturated rings. The van der Waals surface area contributed by atoms with Gasteiger partial charge >= 0.3 is 0 Å². The van der Waals surface area contributed by atoms with Crippen molar-refractivity contribution in [3.05, 3.63) is 71.4 Å². The fourth-order valence-corrected chi connectivity index (χ4v) is 3.01. The van der Waals surface area contributed by atoms with E-state index in [0.717, 1.165) is 18.0 Å². The second-order valence-electron chi connectivity index (χ2n) is 6.04. The number of hydrogen-bond donors (Lipinski definition) is 0. The lowest BCUT2D eigenvalue weighted by Crippen LogP contribution is -2.23. The van der Waals surface area contributed by atoms with Crippen LogP contribution in [-0.4, -0.2) is 33.0 Å². The van der Waals surface area contributed by atoms with E-state index in [4.69, 9.17) is 9.15 Å². The Morgan fingerprint density at radius 3 is 2.92 bits per heavy atom. The summed E-state index contributed by atoms with van der Waals surface area (Å²) >= 11 is 0. The summed E-state index contributed by atoms with van der Waals surface area (Å²) in [5.41, 5.74) is 3.34. The van der Waals surface area contributed by atoms with Crippen molar-refractivity contribution < 1.29 is 9.15 Å². The maximum atomic E-state index is 5.86. The summed E-state index contributed by atoms with van der Waals surface area (Å²) < 4.78 is 13.2. The number of furan rings is 1. The van der Waals surface area contributed by atoms with E-state index in [0.29, 0.717) is 19.7 Å². The Bertz CT molecular complexity index is 797. The van der Waals surface area contributed by atoms with Crippen molar-refractivity contribution in [3.8, 4) is 0 Å². The van der Waals surface area contributed by atoms with Crippen LogP contribution in [0.25, 0.3) is 0 Å². The molecular weight excluding hydrogens is 304 g/mol. The number of hydrogen-bond acceptors (Lipinski definition) is 5. The van der Waals surface area contributed by atoms with Gasteiger partial charge in [-0.2, -0.15) is 0 Å². The summed E-state index contributed by atoms with van der Waals surface area (Å²) in [7, 11) is 0. The van der Waals surface area contributed by atoms with Gasteiger partial charge in [0.2, 0.25) is 0 Å². The Kier molecular flexibility index (Phi) is 4.15. The summed E-state index contributed by atoms with van der Waals surface area (Å²) in [4.78, 5) is 2.21. The highest BCUT2D eigenvalue weighted by Crippen LogP contribution is 2.27. The van der Waals surface area contributed by atoms with Crippen molar-refractivity contribution in [1.82, 2.24) is 19.9 Å². The topological polar surface area (TPSA) is 56.3 Å². The molecule has 3 aromatic rings. The fraction of sp³-hybridized carbons (Fsp3) is 0.333. The minimum Gasteiger partial charge on any atom is -0.468 e. The van der Waals surface area contributed by atoms with Gasteiger partial charge in [0.1, 0.15) is 11.5 Å². The van der Waals surface area contributed by atoms with Crippen LogP contribution in [0.5, 0.6) is 0 Å². The number of benzene rings is 1. The van der Waals surface area contributed by atoms with Gasteiger partial charge in [0.25, 0.3) is 0 Å². The maximum Gasteiger partial charge on any atom is 0.157 e. The maximum absolute atomic E-state index is 5.86. The predicted molar refractivity (Wildman–Crippen MR) is 88.1 cm³/mol. The number of ether oxygens (including phenoxy) is 1. The van der Waals surface area contributed by atoms with Gasteiger partial charge in [-0.3, -0.25) is 4.90 Å². The molecule has 3 heterocycles. The Hall–Kier alpha value is -2.44. The molecule has 124 valence electrons. The van der Waals surface area contributed by atoms with E-state index in [2.05, 4.69) is 34.3 Å². The summed E-state index contributed by atoms with van der Waals surface area (Å²) in [6.07, 6.45) is 3.50. The van der Waals surface area contributed by atoms with Crippen molar-refractivity contribution in [2.24, 2.45) is 0 Å². The normalized spacial score (nSPS) is 18.3. The van der Waals surface area contributed by atoms with Crippen LogP contribution in [0.3, 0.4) is 0 Å². The van der Waals surface area contributed by atoms with Crippen LogP contribution in [0, 0.1) is 6.92 Å². The lowest BCUT2D eigenvalue weighted by molar-refractivity contribution is 0.0223. The zero-order valence-corrected chi connectivity index (χ0v) is 13.6. The number of aromatic nitrogens is 3. The smallest absolute Gasteiger partial charge is 0.157 e. The van der Waals surface area contributed by atoms with Crippen LogP contribution in [0.15, 0.2) is 53.3 Å². The molecule has 0 amide bonds. The second kappa shape index (κ2) is 6.59. The molecule has 4 rings (SSSR count). The van der Waals surface area contributed by atoms with E-state index in [-0.39, 0.29) is 6.23 Å². The minimum absolute atomic E-state index is 0.166. The zero-order valence-electron chi connectivity index (χ0n) is 13.6. The molecule has 2 aromatic heterocycles. The third-order valence-electron chi connectivity index (χ3n) is 4.33. The quantitative estimate of drug-likeness (QED) is 0.722. The van der Waals surface area contributed by atoms with E-state index >= 15 is 0 Å². The highest BCUT2D eigenvalue weighted by molar-refractivity contribution is 5.25. The second-order valence-corrected chi connectivity index (χ2v) is 6.04. The van der Waals surface area contributed by atoms with Gasteiger partial charge in [0.05, 0.1) is 32.2 Å². The largest absolute Gasteiger partial charge is 0.468 e. The van der Waals surface area contributed by atoms with Gasteiger partial charge in [-0.25, -0.2) is 4.68 Å². The van der Waals surface area contributed by atoms with Gasteiger partial charge in [0.15, 0.2) is 6.23 Å². The van der Waals surface area contributed by atoms with Crippen molar-refractivity contribution >= 4 is 0 Å². The van der Waals surface area contributed by atoms with Gasteiger partial charge < -0.3 is 9.15 Å². The van der Waals surface area contributed by atoms with Crippen LogP contribution in [0.4, 0.5) is 0 Å². The molecule has 24 heavy (non-hydrogen) atoms. The van der Waals surface area contributed by atoms with E-state index in [9.17, 15) is 0 Å². The Morgan fingerprint density at radius 1 is 1.17 bits per heavy atom.